The zero-order valence-electron chi connectivity index (χ0n) is 15.3. The van der Waals surface area contributed by atoms with Gasteiger partial charge in [0.05, 0.1) is 11.0 Å². The number of nitrogens with one attached hydrogen (secondary N) is 1. The van der Waals surface area contributed by atoms with E-state index in [9.17, 15) is 4.79 Å². The Morgan fingerprint density at radius 3 is 2.33 bits per heavy atom. The lowest BCUT2D eigenvalue weighted by molar-refractivity contribution is 0.102. The van der Waals surface area contributed by atoms with Crippen LogP contribution in [0.3, 0.4) is 0 Å². The van der Waals surface area contributed by atoms with E-state index in [0.717, 1.165) is 11.0 Å². The number of para-hydroxylation sites is 3. The summed E-state index contributed by atoms with van der Waals surface area (Å²) in [6.45, 7) is 4.86. The van der Waals surface area contributed by atoms with Gasteiger partial charge in [-0.25, -0.2) is 9.97 Å². The highest BCUT2D eigenvalue weighted by molar-refractivity contribution is 6.16. The van der Waals surface area contributed by atoms with Gasteiger partial charge in [-0.3, -0.25) is 4.79 Å². The summed E-state index contributed by atoms with van der Waals surface area (Å²) in [7, 11) is 0. The second-order valence-electron chi connectivity index (χ2n) is 6.97. The predicted octanol–water partition coefficient (Wildman–Crippen LogP) is 4.08. The smallest absolute Gasteiger partial charge is 0.261 e. The molecule has 0 aliphatic carbocycles. The second-order valence-corrected chi connectivity index (χ2v) is 6.97. The minimum absolute atomic E-state index is 0.282. The first-order chi connectivity index (χ1) is 13.0. The van der Waals surface area contributed by atoms with E-state index >= 15 is 0 Å². The topological polar surface area (TPSA) is 85.8 Å². The summed E-state index contributed by atoms with van der Waals surface area (Å²) in [6, 6.07) is 16.9. The molecule has 0 aliphatic heterocycles. The van der Waals surface area contributed by atoms with E-state index in [-0.39, 0.29) is 5.91 Å². The van der Waals surface area contributed by atoms with Crippen LogP contribution in [0, 0.1) is 5.92 Å². The van der Waals surface area contributed by atoms with E-state index in [1.54, 1.807) is 0 Å². The Morgan fingerprint density at radius 1 is 1.04 bits per heavy atom. The van der Waals surface area contributed by atoms with Gasteiger partial charge in [0.1, 0.15) is 16.9 Å². The van der Waals surface area contributed by atoms with Crippen molar-refractivity contribution >= 4 is 39.6 Å². The van der Waals surface area contributed by atoms with E-state index in [4.69, 9.17) is 15.7 Å². The van der Waals surface area contributed by atoms with Gasteiger partial charge in [0.2, 0.25) is 0 Å². The third kappa shape index (κ3) is 3.10. The molecule has 0 unspecified atom stereocenters. The Balaban J connectivity index is 1.91. The standard InChI is InChI=1S/C21H21N5O/c1-13(2)12-26-19(22)17(21(27)23-14-8-4-3-5-9-14)18-20(26)25-16-11-7-6-10-15(16)24-18/h3-11,13H,12,22H2,1-2H3,(H,23,27). The molecular weight excluding hydrogens is 338 g/mol. The fourth-order valence-electron chi connectivity index (χ4n) is 3.21. The molecule has 136 valence electrons. The quantitative estimate of drug-likeness (QED) is 0.575. The molecule has 2 aromatic heterocycles. The molecule has 0 aliphatic rings. The second kappa shape index (κ2) is 6.72. The molecule has 1 amide bonds. The molecule has 2 heterocycles. The number of fused-ring (bicyclic) bond motifs is 2. The number of nitrogens with two attached hydrogens (primary N) is 1. The van der Waals surface area contributed by atoms with Crippen molar-refractivity contribution in [2.45, 2.75) is 20.4 Å². The zero-order chi connectivity index (χ0) is 19.0. The van der Waals surface area contributed by atoms with Crippen molar-refractivity contribution in [3.8, 4) is 0 Å². The summed E-state index contributed by atoms with van der Waals surface area (Å²) in [5.41, 5.74) is 10.2. The molecule has 4 rings (SSSR count). The normalized spacial score (nSPS) is 11.4. The van der Waals surface area contributed by atoms with E-state index < -0.39 is 0 Å². The molecule has 0 atom stereocenters. The van der Waals surface area contributed by atoms with E-state index in [0.29, 0.717) is 40.7 Å². The molecule has 27 heavy (non-hydrogen) atoms. The first kappa shape index (κ1) is 17.0. The van der Waals surface area contributed by atoms with Crippen LogP contribution in [0.4, 0.5) is 11.5 Å². The summed E-state index contributed by atoms with van der Waals surface area (Å²) in [6.07, 6.45) is 0. The summed E-state index contributed by atoms with van der Waals surface area (Å²) < 4.78 is 1.89. The molecule has 0 radical (unpaired) electrons. The van der Waals surface area contributed by atoms with Crippen LogP contribution in [-0.4, -0.2) is 20.4 Å². The maximum absolute atomic E-state index is 13.0. The average Bonchev–Trinajstić information content (AvgIpc) is 2.91. The molecule has 3 N–H and O–H groups in total. The summed E-state index contributed by atoms with van der Waals surface area (Å²) in [4.78, 5) is 22.5. The van der Waals surface area contributed by atoms with Crippen LogP contribution in [0.15, 0.2) is 54.6 Å². The van der Waals surface area contributed by atoms with Crippen LogP contribution in [0.5, 0.6) is 0 Å². The van der Waals surface area contributed by atoms with Crippen LogP contribution in [0.1, 0.15) is 24.2 Å². The van der Waals surface area contributed by atoms with E-state index in [1.165, 1.54) is 0 Å². The van der Waals surface area contributed by atoms with E-state index in [2.05, 4.69) is 19.2 Å². The van der Waals surface area contributed by atoms with Gasteiger partial charge in [0, 0.05) is 12.2 Å². The van der Waals surface area contributed by atoms with Crippen molar-refractivity contribution in [3.63, 3.8) is 0 Å². The molecule has 0 fully saturated rings. The number of nitrogen functional groups attached to an aromatic ring is 1. The Bertz CT molecular complexity index is 1130. The fraction of sp³-hybridized carbons (Fsp3) is 0.190. The lowest BCUT2D eigenvalue weighted by Crippen LogP contribution is -2.15. The van der Waals surface area contributed by atoms with Gasteiger partial charge in [0.25, 0.3) is 5.91 Å². The molecule has 6 heteroatoms. The number of carbonyl (C=O) groups is 1. The highest BCUT2D eigenvalue weighted by atomic mass is 16.1. The monoisotopic (exact) mass is 359 g/mol. The number of carbonyl (C=O) groups excluding carboxylic acids is 1. The number of amides is 1. The van der Waals surface area contributed by atoms with Gasteiger partial charge >= 0.3 is 0 Å². The van der Waals surface area contributed by atoms with Crippen LogP contribution in [-0.2, 0) is 6.54 Å². The first-order valence-corrected chi connectivity index (χ1v) is 8.95. The van der Waals surface area contributed by atoms with Crippen LogP contribution in [0.2, 0.25) is 0 Å². The van der Waals surface area contributed by atoms with Crippen molar-refractivity contribution in [1.29, 1.82) is 0 Å². The lowest BCUT2D eigenvalue weighted by atomic mass is 10.2. The average molecular weight is 359 g/mol. The van der Waals surface area contributed by atoms with Crippen molar-refractivity contribution < 1.29 is 4.79 Å². The Morgan fingerprint density at radius 2 is 1.67 bits per heavy atom. The maximum atomic E-state index is 13.0. The molecular formula is C21H21N5O. The van der Waals surface area contributed by atoms with Crippen LogP contribution >= 0.6 is 0 Å². The highest BCUT2D eigenvalue weighted by Gasteiger charge is 2.24. The van der Waals surface area contributed by atoms with Gasteiger partial charge in [-0.05, 0) is 30.2 Å². The first-order valence-electron chi connectivity index (χ1n) is 8.95. The minimum Gasteiger partial charge on any atom is -0.384 e. The Hall–Kier alpha value is -3.41. The summed E-state index contributed by atoms with van der Waals surface area (Å²) in [5.74, 6) is 0.458. The van der Waals surface area contributed by atoms with E-state index in [1.807, 2.05) is 59.2 Å². The minimum atomic E-state index is -0.282. The lowest BCUT2D eigenvalue weighted by Gasteiger charge is -2.10. The third-order valence-electron chi connectivity index (χ3n) is 4.40. The third-order valence-corrected chi connectivity index (χ3v) is 4.40. The van der Waals surface area contributed by atoms with Crippen LogP contribution < -0.4 is 11.1 Å². The predicted molar refractivity (Wildman–Crippen MR) is 109 cm³/mol. The van der Waals surface area contributed by atoms with Gasteiger partial charge in [-0.15, -0.1) is 0 Å². The summed E-state index contributed by atoms with van der Waals surface area (Å²) in [5, 5.41) is 2.91. The molecule has 0 saturated heterocycles. The van der Waals surface area contributed by atoms with Gasteiger partial charge in [-0.1, -0.05) is 44.2 Å². The van der Waals surface area contributed by atoms with Gasteiger partial charge in [0.15, 0.2) is 5.65 Å². The van der Waals surface area contributed by atoms with Gasteiger partial charge in [-0.2, -0.15) is 0 Å². The Kier molecular flexibility index (Phi) is 4.24. The molecule has 0 saturated carbocycles. The van der Waals surface area contributed by atoms with Crippen molar-refractivity contribution in [2.24, 2.45) is 5.92 Å². The zero-order valence-corrected chi connectivity index (χ0v) is 15.3. The molecule has 0 bridgehead atoms. The number of hydrogen-bond acceptors (Lipinski definition) is 4. The number of aromatic nitrogens is 3. The number of hydrogen-bond donors (Lipinski definition) is 2. The highest BCUT2D eigenvalue weighted by Crippen LogP contribution is 2.29. The number of rotatable bonds is 4. The largest absolute Gasteiger partial charge is 0.384 e. The maximum Gasteiger partial charge on any atom is 0.261 e. The molecule has 0 spiro atoms. The van der Waals surface area contributed by atoms with Crippen molar-refractivity contribution in [2.75, 3.05) is 11.1 Å². The van der Waals surface area contributed by atoms with Crippen molar-refractivity contribution in [3.05, 3.63) is 60.2 Å². The fourth-order valence-corrected chi connectivity index (χ4v) is 3.21. The Labute approximate surface area is 157 Å². The molecule has 2 aromatic carbocycles. The number of nitrogens with zero attached hydrogens (tertiary/aromatic N) is 3. The van der Waals surface area contributed by atoms with Crippen LogP contribution in [0.25, 0.3) is 22.2 Å². The van der Waals surface area contributed by atoms with Crippen molar-refractivity contribution in [1.82, 2.24) is 14.5 Å². The van der Waals surface area contributed by atoms with Gasteiger partial charge < -0.3 is 15.6 Å². The number of anilines is 2. The SMILES string of the molecule is CC(C)Cn1c(N)c(C(=O)Nc2ccccc2)c2nc3ccccc3nc21. The molecule has 4 aromatic rings. The molecule has 6 nitrogen and oxygen atoms in total. The number of benzene rings is 2. The summed E-state index contributed by atoms with van der Waals surface area (Å²) >= 11 is 0.